The number of aromatic nitrogens is 3. The van der Waals surface area contributed by atoms with Gasteiger partial charge in [-0.1, -0.05) is 47.7 Å². The number of rotatable bonds is 7. The Morgan fingerprint density at radius 3 is 2.40 bits per heavy atom. The fraction of sp³-hybridized carbons (Fsp3) is 0.364. The second-order valence-corrected chi connectivity index (χ2v) is 7.52. The quantitative estimate of drug-likeness (QED) is 0.636. The Bertz CT molecular complexity index is 1060. The van der Waals surface area contributed by atoms with E-state index in [4.69, 9.17) is 0 Å². The number of hydrogen-bond donors (Lipinski definition) is 1. The summed E-state index contributed by atoms with van der Waals surface area (Å²) in [5.41, 5.74) is 1.31. The van der Waals surface area contributed by atoms with Gasteiger partial charge in [-0.3, -0.25) is 14.5 Å². The van der Waals surface area contributed by atoms with Crippen molar-refractivity contribution in [3.63, 3.8) is 0 Å². The Morgan fingerprint density at radius 1 is 0.967 bits per heavy atom. The summed E-state index contributed by atoms with van der Waals surface area (Å²) >= 11 is 0. The number of piperazine rings is 1. The minimum absolute atomic E-state index is 0.113. The Hall–Kier alpha value is -3.10. The lowest BCUT2D eigenvalue weighted by Crippen LogP contribution is -2.49. The molecule has 0 spiro atoms. The van der Waals surface area contributed by atoms with Crippen molar-refractivity contribution in [2.45, 2.75) is 19.0 Å². The van der Waals surface area contributed by atoms with Crippen LogP contribution in [0.2, 0.25) is 0 Å². The number of hydrogen-bond acceptors (Lipinski definition) is 6. The number of nitrogens with zero attached hydrogens (tertiary/aromatic N) is 5. The molecular weight excluding hydrogens is 382 g/mol. The van der Waals surface area contributed by atoms with Crippen LogP contribution >= 0.6 is 0 Å². The maximum absolute atomic E-state index is 12.5. The molecule has 1 fully saturated rings. The maximum atomic E-state index is 12.5. The van der Waals surface area contributed by atoms with E-state index in [2.05, 4.69) is 15.2 Å². The highest BCUT2D eigenvalue weighted by Gasteiger charge is 2.29. The van der Waals surface area contributed by atoms with Crippen LogP contribution in [-0.2, 0) is 11.3 Å². The van der Waals surface area contributed by atoms with E-state index in [0.29, 0.717) is 30.5 Å². The van der Waals surface area contributed by atoms with E-state index in [-0.39, 0.29) is 5.56 Å². The first-order valence-electron chi connectivity index (χ1n) is 10.2. The predicted molar refractivity (Wildman–Crippen MR) is 113 cm³/mol. The first kappa shape index (κ1) is 20.2. The molecule has 2 aromatic carbocycles. The fourth-order valence-electron chi connectivity index (χ4n) is 4.00. The number of aryl methyl sites for hydroxylation is 1. The molecule has 8 heteroatoms. The van der Waals surface area contributed by atoms with Crippen LogP contribution in [0.5, 0.6) is 0 Å². The van der Waals surface area contributed by atoms with Gasteiger partial charge in [0.05, 0.1) is 5.39 Å². The molecule has 30 heavy (non-hydrogen) atoms. The van der Waals surface area contributed by atoms with Crippen LogP contribution in [0.25, 0.3) is 10.9 Å². The normalized spacial score (nSPS) is 16.5. The number of carboxylic acid groups (broad SMARTS) is 1. The number of benzene rings is 2. The Kier molecular flexibility index (Phi) is 6.15. The summed E-state index contributed by atoms with van der Waals surface area (Å²) in [5.74, 6) is -0.816. The molecule has 0 saturated carbocycles. The summed E-state index contributed by atoms with van der Waals surface area (Å²) in [6, 6.07) is 16.0. The molecule has 1 aliphatic rings. The van der Waals surface area contributed by atoms with Crippen LogP contribution in [0.4, 0.5) is 0 Å². The second-order valence-electron chi connectivity index (χ2n) is 7.52. The SMILES string of the molecule is O=C(O)C(c1ccccc1)N1CCN(CCCn2nnc3ccccc3c2=O)CC1. The van der Waals surface area contributed by atoms with Gasteiger partial charge >= 0.3 is 5.97 Å². The Labute approximate surface area is 174 Å². The molecule has 1 N–H and O–H groups in total. The van der Waals surface area contributed by atoms with Crippen molar-refractivity contribution in [1.29, 1.82) is 0 Å². The van der Waals surface area contributed by atoms with Crippen LogP contribution in [0.3, 0.4) is 0 Å². The molecule has 1 atom stereocenters. The monoisotopic (exact) mass is 407 g/mol. The largest absolute Gasteiger partial charge is 0.480 e. The lowest BCUT2D eigenvalue weighted by molar-refractivity contribution is -0.144. The summed E-state index contributed by atoms with van der Waals surface area (Å²) in [4.78, 5) is 28.7. The predicted octanol–water partition coefficient (Wildman–Crippen LogP) is 1.63. The summed E-state index contributed by atoms with van der Waals surface area (Å²) in [6.07, 6.45) is 0.786. The lowest BCUT2D eigenvalue weighted by Gasteiger charge is -2.37. The van der Waals surface area contributed by atoms with Crippen LogP contribution in [0, 0.1) is 0 Å². The fourth-order valence-corrected chi connectivity index (χ4v) is 4.00. The van der Waals surface area contributed by atoms with Crippen LogP contribution in [-0.4, -0.2) is 68.6 Å². The molecule has 8 nitrogen and oxygen atoms in total. The van der Waals surface area contributed by atoms with Crippen LogP contribution in [0.1, 0.15) is 18.0 Å². The number of carboxylic acids is 1. The van der Waals surface area contributed by atoms with Gasteiger partial charge < -0.3 is 10.0 Å². The maximum Gasteiger partial charge on any atom is 0.325 e. The van der Waals surface area contributed by atoms with Gasteiger partial charge in [0.1, 0.15) is 11.6 Å². The average Bonchev–Trinajstić information content (AvgIpc) is 2.77. The van der Waals surface area contributed by atoms with Gasteiger partial charge in [0.25, 0.3) is 5.56 Å². The third-order valence-electron chi connectivity index (χ3n) is 5.59. The molecule has 4 rings (SSSR count). The second kappa shape index (κ2) is 9.15. The van der Waals surface area contributed by atoms with E-state index in [1.807, 2.05) is 47.4 Å². The summed E-state index contributed by atoms with van der Waals surface area (Å²) in [5, 5.41) is 18.5. The molecular formula is C22H25N5O3. The van der Waals surface area contributed by atoms with Crippen molar-refractivity contribution >= 4 is 16.9 Å². The molecule has 0 aliphatic carbocycles. The van der Waals surface area contributed by atoms with E-state index in [9.17, 15) is 14.7 Å². The van der Waals surface area contributed by atoms with Gasteiger partial charge in [0.2, 0.25) is 0 Å². The van der Waals surface area contributed by atoms with Gasteiger partial charge in [0, 0.05) is 39.3 Å². The van der Waals surface area contributed by atoms with Gasteiger partial charge in [-0.2, -0.15) is 0 Å². The van der Waals surface area contributed by atoms with Crippen LogP contribution in [0.15, 0.2) is 59.4 Å². The number of aliphatic carboxylic acids is 1. The van der Waals surface area contributed by atoms with E-state index in [1.165, 1.54) is 4.68 Å². The molecule has 0 amide bonds. The standard InChI is InChI=1S/C22H25N5O3/c28-21-18-9-4-5-10-19(18)23-24-27(21)12-6-11-25-13-15-26(16-14-25)20(22(29)30)17-7-2-1-3-8-17/h1-5,7-10,20H,6,11-16H2,(H,29,30). The Morgan fingerprint density at radius 2 is 1.67 bits per heavy atom. The first-order chi connectivity index (χ1) is 14.6. The van der Waals surface area contributed by atoms with Crippen molar-refractivity contribution in [3.8, 4) is 0 Å². The molecule has 156 valence electrons. The third kappa shape index (κ3) is 4.39. The average molecular weight is 407 g/mol. The molecule has 1 aliphatic heterocycles. The topological polar surface area (TPSA) is 91.6 Å². The molecule has 1 unspecified atom stereocenters. The van der Waals surface area contributed by atoms with E-state index >= 15 is 0 Å². The highest BCUT2D eigenvalue weighted by atomic mass is 16.4. The molecule has 0 radical (unpaired) electrons. The Balaban J connectivity index is 1.31. The molecule has 2 heterocycles. The van der Waals surface area contributed by atoms with Crippen molar-refractivity contribution in [1.82, 2.24) is 24.8 Å². The summed E-state index contributed by atoms with van der Waals surface area (Å²) in [7, 11) is 0. The summed E-state index contributed by atoms with van der Waals surface area (Å²) < 4.78 is 1.43. The number of fused-ring (bicyclic) bond motifs is 1. The van der Waals surface area contributed by atoms with Crippen molar-refractivity contribution in [3.05, 3.63) is 70.5 Å². The van der Waals surface area contributed by atoms with Gasteiger partial charge in [0.15, 0.2) is 0 Å². The first-order valence-corrected chi connectivity index (χ1v) is 10.2. The van der Waals surface area contributed by atoms with Crippen molar-refractivity contribution in [2.75, 3.05) is 32.7 Å². The summed E-state index contributed by atoms with van der Waals surface area (Å²) in [6.45, 7) is 4.34. The van der Waals surface area contributed by atoms with Crippen molar-refractivity contribution in [2.24, 2.45) is 0 Å². The lowest BCUT2D eigenvalue weighted by atomic mass is 10.0. The van der Waals surface area contributed by atoms with Crippen molar-refractivity contribution < 1.29 is 9.90 Å². The molecule has 0 bridgehead atoms. The van der Waals surface area contributed by atoms with Gasteiger partial charge in [-0.25, -0.2) is 4.68 Å². The molecule has 1 aromatic heterocycles. The minimum Gasteiger partial charge on any atom is -0.480 e. The minimum atomic E-state index is -0.816. The third-order valence-corrected chi connectivity index (χ3v) is 5.59. The zero-order valence-corrected chi connectivity index (χ0v) is 16.7. The molecule has 1 saturated heterocycles. The highest BCUT2D eigenvalue weighted by molar-refractivity contribution is 5.76. The van der Waals surface area contributed by atoms with E-state index in [0.717, 1.165) is 31.6 Å². The van der Waals surface area contributed by atoms with E-state index < -0.39 is 12.0 Å². The van der Waals surface area contributed by atoms with Crippen LogP contribution < -0.4 is 5.56 Å². The van der Waals surface area contributed by atoms with Gasteiger partial charge in [-0.15, -0.1) is 5.10 Å². The van der Waals surface area contributed by atoms with E-state index in [1.54, 1.807) is 12.1 Å². The molecule has 3 aromatic rings. The highest BCUT2D eigenvalue weighted by Crippen LogP contribution is 2.22. The zero-order chi connectivity index (χ0) is 20.9. The number of carbonyl (C=O) groups is 1. The van der Waals surface area contributed by atoms with Gasteiger partial charge in [-0.05, 0) is 24.1 Å². The zero-order valence-electron chi connectivity index (χ0n) is 16.7. The smallest absolute Gasteiger partial charge is 0.325 e.